The van der Waals surface area contributed by atoms with Crippen LogP contribution in [0.25, 0.3) is 21.5 Å². The third-order valence-corrected chi connectivity index (χ3v) is 6.10. The van der Waals surface area contributed by atoms with E-state index in [1.54, 1.807) is 41.5 Å². The van der Waals surface area contributed by atoms with Gasteiger partial charge in [0, 0.05) is 15.8 Å². The second-order valence-corrected chi connectivity index (χ2v) is 8.02. The zero-order chi connectivity index (χ0) is 17.2. The van der Waals surface area contributed by atoms with Crippen molar-refractivity contribution in [2.24, 2.45) is 0 Å². The molecule has 0 saturated heterocycles. The number of hydrogen-bond acceptors (Lipinski definition) is 7. The van der Waals surface area contributed by atoms with E-state index < -0.39 is 0 Å². The Morgan fingerprint density at radius 1 is 1.08 bits per heavy atom. The van der Waals surface area contributed by atoms with Gasteiger partial charge in [0.05, 0.1) is 23.0 Å². The van der Waals surface area contributed by atoms with Crippen LogP contribution in [0.3, 0.4) is 0 Å². The molecule has 2 aromatic carbocycles. The van der Waals surface area contributed by atoms with Gasteiger partial charge in [0.15, 0.2) is 10.3 Å². The van der Waals surface area contributed by atoms with Gasteiger partial charge < -0.3 is 10.1 Å². The summed E-state index contributed by atoms with van der Waals surface area (Å²) in [4.78, 5) is 10.6. The van der Waals surface area contributed by atoms with Crippen molar-refractivity contribution in [1.82, 2.24) is 9.97 Å². The van der Waals surface area contributed by atoms with E-state index in [4.69, 9.17) is 4.74 Å². The Morgan fingerprint density at radius 2 is 2.00 bits per heavy atom. The molecule has 0 aliphatic heterocycles. The number of anilines is 2. The SMILES string of the molecule is COc1cccc(-c2csc(Nc3nc4ccc(SC)cc4s3)n2)c1. The molecule has 25 heavy (non-hydrogen) atoms. The molecule has 4 nitrogen and oxygen atoms in total. The highest BCUT2D eigenvalue weighted by molar-refractivity contribution is 7.98. The normalized spacial score (nSPS) is 11.0. The van der Waals surface area contributed by atoms with Crippen molar-refractivity contribution < 1.29 is 4.74 Å². The Labute approximate surface area is 157 Å². The van der Waals surface area contributed by atoms with Crippen LogP contribution in [0, 0.1) is 0 Å². The molecule has 0 aliphatic rings. The first-order valence-electron chi connectivity index (χ1n) is 7.57. The number of nitrogens with zero attached hydrogens (tertiary/aromatic N) is 2. The van der Waals surface area contributed by atoms with Crippen LogP contribution in [-0.4, -0.2) is 23.3 Å². The molecular formula is C18H15N3OS3. The number of fused-ring (bicyclic) bond motifs is 1. The van der Waals surface area contributed by atoms with E-state index in [1.165, 1.54) is 9.60 Å². The Morgan fingerprint density at radius 3 is 2.84 bits per heavy atom. The lowest BCUT2D eigenvalue weighted by atomic mass is 10.2. The van der Waals surface area contributed by atoms with Gasteiger partial charge in [0.1, 0.15) is 5.75 Å². The van der Waals surface area contributed by atoms with Gasteiger partial charge in [0.25, 0.3) is 0 Å². The zero-order valence-electron chi connectivity index (χ0n) is 13.6. The molecule has 0 aliphatic carbocycles. The molecule has 0 bridgehead atoms. The summed E-state index contributed by atoms with van der Waals surface area (Å²) < 4.78 is 6.46. The number of benzene rings is 2. The highest BCUT2D eigenvalue weighted by Crippen LogP contribution is 2.33. The molecule has 0 spiro atoms. The fraction of sp³-hybridized carbons (Fsp3) is 0.111. The van der Waals surface area contributed by atoms with Crippen LogP contribution in [0.4, 0.5) is 10.3 Å². The van der Waals surface area contributed by atoms with Gasteiger partial charge in [-0.2, -0.15) is 0 Å². The molecule has 0 atom stereocenters. The molecule has 0 unspecified atom stereocenters. The zero-order valence-corrected chi connectivity index (χ0v) is 16.1. The molecule has 4 aromatic rings. The number of thiazole rings is 2. The Kier molecular flexibility index (Phi) is 4.61. The Hall–Kier alpha value is -2.09. The maximum absolute atomic E-state index is 5.28. The summed E-state index contributed by atoms with van der Waals surface area (Å²) >= 11 is 4.95. The maximum Gasteiger partial charge on any atom is 0.190 e. The topological polar surface area (TPSA) is 47.0 Å². The number of methoxy groups -OCH3 is 1. The lowest BCUT2D eigenvalue weighted by Crippen LogP contribution is -1.88. The molecule has 7 heteroatoms. The fourth-order valence-corrected chi connectivity index (χ4v) is 4.62. The quantitative estimate of drug-likeness (QED) is 0.434. The van der Waals surface area contributed by atoms with Crippen LogP contribution in [0.1, 0.15) is 0 Å². The number of thioether (sulfide) groups is 1. The number of rotatable bonds is 5. The first-order chi connectivity index (χ1) is 12.2. The summed E-state index contributed by atoms with van der Waals surface area (Å²) in [5, 5.41) is 7.06. The van der Waals surface area contributed by atoms with Crippen molar-refractivity contribution in [3.05, 3.63) is 47.8 Å². The van der Waals surface area contributed by atoms with E-state index in [2.05, 4.69) is 39.7 Å². The maximum atomic E-state index is 5.28. The summed E-state index contributed by atoms with van der Waals surface area (Å²) in [6.45, 7) is 0. The minimum absolute atomic E-state index is 0.829. The van der Waals surface area contributed by atoms with Crippen LogP contribution in [0.5, 0.6) is 5.75 Å². The summed E-state index contributed by atoms with van der Waals surface area (Å²) in [5.41, 5.74) is 2.98. The number of ether oxygens (including phenoxy) is 1. The number of nitrogens with one attached hydrogen (secondary N) is 1. The van der Waals surface area contributed by atoms with Gasteiger partial charge in [-0.15, -0.1) is 23.1 Å². The van der Waals surface area contributed by atoms with Gasteiger partial charge in [-0.05, 0) is 36.6 Å². The molecule has 0 saturated carbocycles. The van der Waals surface area contributed by atoms with Crippen LogP contribution >= 0.6 is 34.4 Å². The van der Waals surface area contributed by atoms with E-state index in [0.29, 0.717) is 0 Å². The monoisotopic (exact) mass is 385 g/mol. The minimum atomic E-state index is 0.829. The van der Waals surface area contributed by atoms with E-state index in [0.717, 1.165) is 32.8 Å². The van der Waals surface area contributed by atoms with Gasteiger partial charge in [-0.1, -0.05) is 23.5 Å². The van der Waals surface area contributed by atoms with E-state index in [9.17, 15) is 0 Å². The predicted molar refractivity (Wildman–Crippen MR) is 109 cm³/mol. The van der Waals surface area contributed by atoms with Crippen LogP contribution in [0.15, 0.2) is 52.7 Å². The first-order valence-corrected chi connectivity index (χ1v) is 10.5. The van der Waals surface area contributed by atoms with Crippen LogP contribution < -0.4 is 10.1 Å². The summed E-state index contributed by atoms with van der Waals surface area (Å²) in [6.07, 6.45) is 2.08. The number of hydrogen-bond donors (Lipinski definition) is 1. The van der Waals surface area contributed by atoms with Gasteiger partial charge in [-0.3, -0.25) is 0 Å². The van der Waals surface area contributed by atoms with E-state index in [-0.39, 0.29) is 0 Å². The first kappa shape index (κ1) is 16.4. The smallest absolute Gasteiger partial charge is 0.190 e. The van der Waals surface area contributed by atoms with E-state index >= 15 is 0 Å². The third-order valence-electron chi connectivity index (χ3n) is 3.68. The summed E-state index contributed by atoms with van der Waals surface area (Å²) in [6, 6.07) is 14.2. The molecule has 2 heterocycles. The molecular weight excluding hydrogens is 370 g/mol. The average molecular weight is 386 g/mol. The van der Waals surface area contributed by atoms with E-state index in [1.807, 2.05) is 29.6 Å². The fourth-order valence-electron chi connectivity index (χ4n) is 2.42. The van der Waals surface area contributed by atoms with Crippen molar-refractivity contribution in [3.63, 3.8) is 0 Å². The summed E-state index contributed by atoms with van der Waals surface area (Å²) in [5.74, 6) is 0.829. The molecule has 126 valence electrons. The Balaban J connectivity index is 1.58. The molecule has 1 N–H and O–H groups in total. The molecule has 2 aromatic heterocycles. The number of aromatic nitrogens is 2. The molecule has 0 amide bonds. The highest BCUT2D eigenvalue weighted by Gasteiger charge is 2.09. The van der Waals surface area contributed by atoms with Crippen LogP contribution in [-0.2, 0) is 0 Å². The molecule has 4 rings (SSSR count). The molecule has 0 radical (unpaired) electrons. The van der Waals surface area contributed by atoms with Crippen molar-refractivity contribution in [1.29, 1.82) is 0 Å². The second kappa shape index (κ2) is 7.03. The molecule has 0 fully saturated rings. The van der Waals surface area contributed by atoms with Crippen molar-refractivity contribution in [3.8, 4) is 17.0 Å². The Bertz CT molecular complexity index is 1030. The lowest BCUT2D eigenvalue weighted by Gasteiger charge is -2.01. The second-order valence-electron chi connectivity index (χ2n) is 5.25. The van der Waals surface area contributed by atoms with Gasteiger partial charge in [0.2, 0.25) is 0 Å². The predicted octanol–water partition coefficient (Wildman–Crippen LogP) is 5.89. The van der Waals surface area contributed by atoms with Gasteiger partial charge in [-0.25, -0.2) is 9.97 Å². The third kappa shape index (κ3) is 3.49. The highest BCUT2D eigenvalue weighted by atomic mass is 32.2. The summed E-state index contributed by atoms with van der Waals surface area (Å²) in [7, 11) is 1.67. The minimum Gasteiger partial charge on any atom is -0.497 e. The van der Waals surface area contributed by atoms with Crippen molar-refractivity contribution in [2.45, 2.75) is 4.90 Å². The standard InChI is InChI=1S/C18H15N3OS3/c1-22-12-5-3-4-11(8-12)15-10-24-17(20-15)21-18-19-14-7-6-13(23-2)9-16(14)25-18/h3-10H,1-2H3,(H,19,20,21). The van der Waals surface area contributed by atoms with Crippen molar-refractivity contribution in [2.75, 3.05) is 18.7 Å². The van der Waals surface area contributed by atoms with Crippen molar-refractivity contribution >= 4 is 54.9 Å². The van der Waals surface area contributed by atoms with Crippen LogP contribution in [0.2, 0.25) is 0 Å². The van der Waals surface area contributed by atoms with Gasteiger partial charge >= 0.3 is 0 Å². The lowest BCUT2D eigenvalue weighted by molar-refractivity contribution is 0.415. The largest absolute Gasteiger partial charge is 0.497 e. The average Bonchev–Trinajstić information content (AvgIpc) is 3.27.